The highest BCUT2D eigenvalue weighted by Crippen LogP contribution is 2.28. The average molecular weight is 327 g/mol. The molecule has 1 amide bonds. The highest BCUT2D eigenvalue weighted by atomic mass is 32.2. The maximum Gasteiger partial charge on any atom is 0.227 e. The number of amides is 1. The van der Waals surface area contributed by atoms with Crippen LogP contribution in [0, 0.1) is 5.41 Å². The van der Waals surface area contributed by atoms with Crippen LogP contribution in [-0.4, -0.2) is 34.1 Å². The molecule has 0 aliphatic carbocycles. The molecular weight excluding hydrogens is 298 g/mol. The first kappa shape index (κ1) is 19.0. The summed E-state index contributed by atoms with van der Waals surface area (Å²) in [4.78, 5) is 16.3. The summed E-state index contributed by atoms with van der Waals surface area (Å²) in [6, 6.07) is 0. The van der Waals surface area contributed by atoms with Gasteiger partial charge in [0.25, 0.3) is 0 Å². The van der Waals surface area contributed by atoms with E-state index in [9.17, 15) is 4.79 Å². The summed E-state index contributed by atoms with van der Waals surface area (Å²) in [5.41, 5.74) is 0.0308. The number of aryl methyl sites for hydroxylation is 1. The molecule has 22 heavy (non-hydrogen) atoms. The van der Waals surface area contributed by atoms with Crippen LogP contribution in [0.25, 0.3) is 0 Å². The van der Waals surface area contributed by atoms with Crippen molar-refractivity contribution in [3.8, 4) is 0 Å². The summed E-state index contributed by atoms with van der Waals surface area (Å²) in [7, 11) is 0. The monoisotopic (exact) mass is 327 g/mol. The molecule has 1 atom stereocenters. The lowest BCUT2D eigenvalue weighted by molar-refractivity contribution is -0.121. The van der Waals surface area contributed by atoms with E-state index in [1.165, 1.54) is 0 Å². The van der Waals surface area contributed by atoms with Crippen molar-refractivity contribution < 1.29 is 9.32 Å². The number of carbonyl (C=O) groups excluding carboxylic acids is 1. The minimum absolute atomic E-state index is 0.0267. The second kappa shape index (κ2) is 7.49. The van der Waals surface area contributed by atoms with Crippen molar-refractivity contribution in [3.05, 3.63) is 11.7 Å². The van der Waals surface area contributed by atoms with Gasteiger partial charge in [0.1, 0.15) is 0 Å². The van der Waals surface area contributed by atoms with Crippen LogP contribution in [-0.2, 0) is 16.6 Å². The van der Waals surface area contributed by atoms with Gasteiger partial charge < -0.3 is 9.84 Å². The van der Waals surface area contributed by atoms with Gasteiger partial charge in [-0.05, 0) is 11.7 Å². The topological polar surface area (TPSA) is 68.0 Å². The zero-order valence-electron chi connectivity index (χ0n) is 14.8. The standard InChI is InChI=1S/C16H29N3O2S/c1-15(2,3)11(22-7)10-17-12(20)8-9-13-18-14(19-21-13)16(4,5)6/h11H,8-10H2,1-7H3,(H,17,20)/t11-/m1/s1. The summed E-state index contributed by atoms with van der Waals surface area (Å²) in [5.74, 6) is 1.23. The largest absolute Gasteiger partial charge is 0.355 e. The minimum Gasteiger partial charge on any atom is -0.355 e. The van der Waals surface area contributed by atoms with Gasteiger partial charge in [0, 0.05) is 30.1 Å². The molecule has 1 heterocycles. The molecule has 1 aromatic heterocycles. The molecule has 0 aliphatic heterocycles. The second-order valence-electron chi connectivity index (χ2n) is 7.66. The van der Waals surface area contributed by atoms with Crippen LogP contribution >= 0.6 is 11.8 Å². The van der Waals surface area contributed by atoms with Crippen molar-refractivity contribution in [1.29, 1.82) is 0 Å². The molecule has 5 nitrogen and oxygen atoms in total. The third-order valence-electron chi connectivity index (χ3n) is 3.44. The van der Waals surface area contributed by atoms with Crippen molar-refractivity contribution in [1.82, 2.24) is 15.5 Å². The molecular formula is C16H29N3O2S. The molecule has 0 spiro atoms. The van der Waals surface area contributed by atoms with Crippen molar-refractivity contribution >= 4 is 17.7 Å². The number of rotatable bonds is 6. The Morgan fingerprint density at radius 3 is 2.36 bits per heavy atom. The number of thioether (sulfide) groups is 1. The fourth-order valence-corrected chi connectivity index (χ4v) is 2.88. The summed E-state index contributed by atoms with van der Waals surface area (Å²) in [6.45, 7) is 13.3. The number of nitrogens with one attached hydrogen (secondary N) is 1. The maximum atomic E-state index is 12.0. The van der Waals surface area contributed by atoms with E-state index in [0.29, 0.717) is 36.4 Å². The fraction of sp³-hybridized carbons (Fsp3) is 0.812. The molecule has 0 bridgehead atoms. The van der Waals surface area contributed by atoms with Gasteiger partial charge in [-0.3, -0.25) is 4.79 Å². The average Bonchev–Trinajstić information content (AvgIpc) is 2.84. The molecule has 0 aromatic carbocycles. The van der Waals surface area contributed by atoms with Crippen LogP contribution in [0.15, 0.2) is 4.52 Å². The Labute approximate surface area is 138 Å². The second-order valence-corrected chi connectivity index (χ2v) is 8.70. The molecule has 0 aliphatic rings. The van der Waals surface area contributed by atoms with Gasteiger partial charge in [0.05, 0.1) is 0 Å². The van der Waals surface area contributed by atoms with Gasteiger partial charge in [-0.2, -0.15) is 16.7 Å². The Kier molecular flexibility index (Phi) is 6.47. The molecule has 0 saturated heterocycles. The smallest absolute Gasteiger partial charge is 0.227 e. The molecule has 1 aromatic rings. The minimum atomic E-state index is -0.137. The van der Waals surface area contributed by atoms with Crippen molar-refractivity contribution in [2.24, 2.45) is 5.41 Å². The summed E-state index contributed by atoms with van der Waals surface area (Å²) in [6.07, 6.45) is 2.93. The third kappa shape index (κ3) is 5.99. The number of aromatic nitrogens is 2. The van der Waals surface area contributed by atoms with Crippen molar-refractivity contribution in [3.63, 3.8) is 0 Å². The van der Waals surface area contributed by atoms with E-state index >= 15 is 0 Å². The van der Waals surface area contributed by atoms with E-state index in [-0.39, 0.29) is 16.7 Å². The van der Waals surface area contributed by atoms with Gasteiger partial charge in [-0.15, -0.1) is 0 Å². The van der Waals surface area contributed by atoms with Gasteiger partial charge in [-0.25, -0.2) is 0 Å². The van der Waals surface area contributed by atoms with Crippen LogP contribution in [0.3, 0.4) is 0 Å². The Hall–Kier alpha value is -1.04. The maximum absolute atomic E-state index is 12.0. The molecule has 0 saturated carbocycles. The predicted octanol–water partition coefficient (Wildman–Crippen LogP) is 3.19. The van der Waals surface area contributed by atoms with Gasteiger partial charge in [-0.1, -0.05) is 46.7 Å². The number of hydrogen-bond donors (Lipinski definition) is 1. The van der Waals surface area contributed by atoms with E-state index in [0.717, 1.165) is 0 Å². The zero-order chi connectivity index (χ0) is 17.0. The Bertz CT molecular complexity index is 486. The predicted molar refractivity (Wildman–Crippen MR) is 91.1 cm³/mol. The van der Waals surface area contributed by atoms with E-state index in [1.807, 2.05) is 20.8 Å². The normalized spacial score (nSPS) is 14.0. The highest BCUT2D eigenvalue weighted by Gasteiger charge is 2.24. The van der Waals surface area contributed by atoms with Crippen molar-refractivity contribution in [2.45, 2.75) is 65.0 Å². The lowest BCUT2D eigenvalue weighted by Crippen LogP contribution is -2.37. The lowest BCUT2D eigenvalue weighted by Gasteiger charge is -2.29. The molecule has 1 rings (SSSR count). The van der Waals surface area contributed by atoms with Crippen LogP contribution < -0.4 is 5.32 Å². The number of carbonyl (C=O) groups is 1. The van der Waals surface area contributed by atoms with Crippen LogP contribution in [0.4, 0.5) is 0 Å². The molecule has 6 heteroatoms. The van der Waals surface area contributed by atoms with E-state index < -0.39 is 0 Å². The summed E-state index contributed by atoms with van der Waals surface area (Å²) >= 11 is 1.78. The highest BCUT2D eigenvalue weighted by molar-refractivity contribution is 7.99. The Balaban J connectivity index is 2.42. The molecule has 0 fully saturated rings. The lowest BCUT2D eigenvalue weighted by atomic mass is 9.91. The Morgan fingerprint density at radius 2 is 1.91 bits per heavy atom. The first-order valence-electron chi connectivity index (χ1n) is 7.66. The molecule has 1 N–H and O–H groups in total. The SMILES string of the molecule is CS[C@H](CNC(=O)CCc1nc(C(C)(C)C)no1)C(C)(C)C. The van der Waals surface area contributed by atoms with Crippen molar-refractivity contribution in [2.75, 3.05) is 12.8 Å². The van der Waals surface area contributed by atoms with Gasteiger partial charge in [0.2, 0.25) is 11.8 Å². The van der Waals surface area contributed by atoms with E-state index in [1.54, 1.807) is 11.8 Å². The van der Waals surface area contributed by atoms with Crippen LogP contribution in [0.1, 0.15) is 59.7 Å². The third-order valence-corrected chi connectivity index (χ3v) is 4.88. The van der Waals surface area contributed by atoms with Gasteiger partial charge in [0.15, 0.2) is 5.82 Å². The quantitative estimate of drug-likeness (QED) is 0.869. The number of hydrogen-bond acceptors (Lipinski definition) is 5. The van der Waals surface area contributed by atoms with Crippen LogP contribution in [0.2, 0.25) is 0 Å². The summed E-state index contributed by atoms with van der Waals surface area (Å²) in [5, 5.41) is 7.36. The van der Waals surface area contributed by atoms with E-state index in [4.69, 9.17) is 4.52 Å². The first-order valence-corrected chi connectivity index (χ1v) is 8.95. The molecule has 126 valence electrons. The molecule has 0 unspecified atom stereocenters. The first-order chi connectivity index (χ1) is 10.0. The fourth-order valence-electron chi connectivity index (χ4n) is 1.92. The number of nitrogens with zero attached hydrogens (tertiary/aromatic N) is 2. The van der Waals surface area contributed by atoms with Gasteiger partial charge >= 0.3 is 0 Å². The summed E-state index contributed by atoms with van der Waals surface area (Å²) < 4.78 is 5.20. The van der Waals surface area contributed by atoms with Crippen LogP contribution in [0.5, 0.6) is 0 Å². The van der Waals surface area contributed by atoms with E-state index in [2.05, 4.69) is 42.5 Å². The zero-order valence-corrected chi connectivity index (χ0v) is 15.6. The molecule has 0 radical (unpaired) electrons. The Morgan fingerprint density at radius 1 is 1.27 bits per heavy atom.